The number of esters is 4. The molecule has 0 aliphatic heterocycles. The van der Waals surface area contributed by atoms with Gasteiger partial charge in [0, 0.05) is 76.8 Å². The molecule has 24 heteroatoms. The number of benzene rings is 6. The second kappa shape index (κ2) is 29.0. The van der Waals surface area contributed by atoms with Gasteiger partial charge in [-0.2, -0.15) is 0 Å². The van der Waals surface area contributed by atoms with Crippen LogP contribution in [0, 0.1) is 23.7 Å². The fourth-order valence-electron chi connectivity index (χ4n) is 10.3. The van der Waals surface area contributed by atoms with Crippen LogP contribution in [0.1, 0.15) is 56.9 Å². The molecule has 0 amide bonds. The van der Waals surface area contributed by atoms with E-state index < -0.39 is 11.9 Å². The monoisotopic (exact) mass is 1220 g/mol. The number of hydrogen-bond donors (Lipinski definition) is 1. The van der Waals surface area contributed by atoms with Crippen molar-refractivity contribution in [3.8, 4) is 114 Å². The lowest BCUT2D eigenvalue weighted by atomic mass is 9.89. The van der Waals surface area contributed by atoms with Gasteiger partial charge >= 0.3 is 23.9 Å². The van der Waals surface area contributed by atoms with E-state index in [2.05, 4.69) is 79.7 Å². The third-order valence-electron chi connectivity index (χ3n) is 14.0. The van der Waals surface area contributed by atoms with E-state index in [4.69, 9.17) is 19.7 Å². The maximum Gasteiger partial charge on any atom is 0.350 e. The topological polar surface area (TPSA) is 296 Å². The second-order valence-electron chi connectivity index (χ2n) is 19.9. The molecule has 0 radical (unpaired) electrons. The molecule has 0 bridgehead atoms. The minimum Gasteiger partial charge on any atom is -0.466 e. The number of H-pyrrole nitrogens is 1. The lowest BCUT2D eigenvalue weighted by Gasteiger charge is -2.18. The number of aromatic amines is 1. The average Bonchev–Trinajstić information content (AvgIpc) is 1.65. The number of rotatable bonds is 14. The van der Waals surface area contributed by atoms with E-state index in [0.29, 0.717) is 40.8 Å². The number of Topliss-reactive ketones (excluding diaryl/α,β-unsaturated/α-hetero) is 1. The van der Waals surface area contributed by atoms with Crippen molar-refractivity contribution in [1.29, 1.82) is 0 Å². The molecule has 1 N–H and O–H groups in total. The number of carbonyl (C=O) groups is 5. The Kier molecular flexibility index (Phi) is 19.8. The van der Waals surface area contributed by atoms with Crippen LogP contribution < -0.4 is 4.68 Å². The number of carbonyl (C=O) groups excluding carboxylic acids is 5. The summed E-state index contributed by atoms with van der Waals surface area (Å²) in [4.78, 5) is 61.5. The van der Waals surface area contributed by atoms with Gasteiger partial charge in [0.1, 0.15) is 43.3 Å². The smallest absolute Gasteiger partial charge is 0.350 e. The van der Waals surface area contributed by atoms with Crippen LogP contribution in [0.25, 0.3) is 101 Å². The SMILES string of the molecule is C1#Cc2ccccc2C#Cc2ccccc21.CCOC(=O)CN=[N+]=[N-].CCOC(=O)Cn1nnc2c1-c1ccccc1-c1c(n[nH][n+]1CC(=O)OCC)-c1ccccc1-2.CCOC(=O)Cn1nnc2c1-c1ccccc1-c1nnn(CC(C)=O)c1-c1ccccc1-2. The molecule has 0 spiro atoms. The molecule has 4 aromatic heterocycles. The van der Waals surface area contributed by atoms with Gasteiger partial charge in [-0.05, 0) is 76.5 Å². The summed E-state index contributed by atoms with van der Waals surface area (Å²) in [5.41, 5.74) is 23.8. The number of aromatic nitrogens is 12. The third-order valence-corrected chi connectivity index (χ3v) is 14.0. The van der Waals surface area contributed by atoms with Gasteiger partial charge in [0.25, 0.3) is 5.69 Å². The van der Waals surface area contributed by atoms with Gasteiger partial charge in [0.15, 0.2) is 5.78 Å². The first-order valence-electron chi connectivity index (χ1n) is 29.0. The normalized spacial score (nSPS) is 10.9. The highest BCUT2D eigenvalue weighted by Gasteiger charge is 2.36. The molecular weight excluding hydrogens is 1160 g/mol. The van der Waals surface area contributed by atoms with Crippen molar-refractivity contribution in [1.82, 2.24) is 55.3 Å². The second-order valence-corrected chi connectivity index (χ2v) is 19.9. The van der Waals surface area contributed by atoms with Gasteiger partial charge in [-0.3, -0.25) is 19.2 Å². The van der Waals surface area contributed by atoms with E-state index in [1.807, 2.05) is 146 Å². The largest absolute Gasteiger partial charge is 0.466 e. The average molecular weight is 1220 g/mol. The molecule has 3 aliphatic carbocycles. The Morgan fingerprint density at radius 2 is 0.791 bits per heavy atom. The van der Waals surface area contributed by atoms with Gasteiger partial charge in [0.2, 0.25) is 12.2 Å². The number of fused-ring (bicyclic) bond motifs is 18. The van der Waals surface area contributed by atoms with Crippen molar-refractivity contribution in [2.45, 2.75) is 60.8 Å². The van der Waals surface area contributed by atoms with Crippen molar-refractivity contribution < 1.29 is 47.6 Å². The Balaban J connectivity index is 0.000000147. The highest BCUT2D eigenvalue weighted by Crippen LogP contribution is 2.47. The van der Waals surface area contributed by atoms with Crippen LogP contribution in [0.4, 0.5) is 0 Å². The Hall–Kier alpha value is -12.1. The first-order valence-corrected chi connectivity index (χ1v) is 29.0. The molecule has 0 atom stereocenters. The van der Waals surface area contributed by atoms with E-state index >= 15 is 0 Å². The first kappa shape index (κ1) is 61.9. The minimum atomic E-state index is -0.490. The Labute approximate surface area is 521 Å². The highest BCUT2D eigenvalue weighted by atomic mass is 16.5. The molecule has 4 heterocycles. The fourth-order valence-corrected chi connectivity index (χ4v) is 10.3. The van der Waals surface area contributed by atoms with Crippen molar-refractivity contribution in [2.24, 2.45) is 5.11 Å². The van der Waals surface area contributed by atoms with Gasteiger partial charge in [0.05, 0.1) is 43.5 Å². The fraction of sp³-hybridized carbons (Fsp3) is 0.209. The van der Waals surface area contributed by atoms with Crippen LogP contribution >= 0.6 is 0 Å². The number of nitrogens with one attached hydrogen (secondary N) is 1. The molecule has 6 aromatic carbocycles. The zero-order valence-electron chi connectivity index (χ0n) is 50.2. The maximum absolute atomic E-state index is 12.3. The first-order chi connectivity index (χ1) is 44.4. The van der Waals surface area contributed by atoms with Gasteiger partial charge < -0.3 is 18.9 Å². The maximum atomic E-state index is 12.3. The van der Waals surface area contributed by atoms with Crippen molar-refractivity contribution in [3.05, 3.63) is 178 Å². The van der Waals surface area contributed by atoms with E-state index in [1.165, 1.54) is 6.92 Å². The molecule has 3 aliphatic rings. The summed E-state index contributed by atoms with van der Waals surface area (Å²) in [6.07, 6.45) is 0. The van der Waals surface area contributed by atoms with Crippen LogP contribution in [0.15, 0.2) is 151 Å². The number of azide groups is 1. The predicted molar refractivity (Wildman–Crippen MR) is 333 cm³/mol. The molecule has 0 fully saturated rings. The van der Waals surface area contributed by atoms with Gasteiger partial charge in [-0.15, -0.1) is 20.0 Å². The van der Waals surface area contributed by atoms with Crippen molar-refractivity contribution in [3.63, 3.8) is 0 Å². The summed E-state index contributed by atoms with van der Waals surface area (Å²) in [6, 6.07) is 46.9. The standard InChI is InChI=1S/C24H22N6O4.C23H20N6O3.C16H8.C4H7N3O2/c1-3-33-19(31)13-29-23-17-11-7-8-12-18(17)24-22(26-28-30(24)14-20(32)34-4-2)16-10-6-5-9-15(16)21(23)25-27-29;1-3-32-19(31)13-29-23-18-11-7-5-9-16(18)20-22(28(26-24-20)12-14(2)30)17-10-6-4-8-15(17)21(23)25-27-29;1-2-6-14-11-12-16-8-4-3-7-15(16)10-9-13(14)5-1;1-2-9-4(8)3-6-7-5/h5-12H,3-4,13-14H2,1-2H3;4-11H,3,12-13H2,1-2H3;1-8H;2-3H2,1H3/p+1. The van der Waals surface area contributed by atoms with E-state index in [9.17, 15) is 24.0 Å². The van der Waals surface area contributed by atoms with E-state index in [0.717, 1.165) is 78.1 Å². The molecule has 91 heavy (non-hydrogen) atoms. The van der Waals surface area contributed by atoms with E-state index in [-0.39, 0.29) is 70.3 Å². The van der Waals surface area contributed by atoms with Crippen molar-refractivity contribution >= 4 is 29.7 Å². The zero-order valence-corrected chi connectivity index (χ0v) is 50.2. The van der Waals surface area contributed by atoms with Gasteiger partial charge in [-0.1, -0.05) is 159 Å². The molecule has 10 aromatic rings. The molecule has 24 nitrogen and oxygen atoms in total. The van der Waals surface area contributed by atoms with Crippen LogP contribution in [-0.2, 0) is 69.1 Å². The highest BCUT2D eigenvalue weighted by molar-refractivity contribution is 6.00. The predicted octanol–water partition coefficient (Wildman–Crippen LogP) is 9.06. The summed E-state index contributed by atoms with van der Waals surface area (Å²) >= 11 is 0. The number of nitrogens with zero attached hydrogens (tertiary/aromatic N) is 14. The quantitative estimate of drug-likeness (QED) is 0.0202. The molecular formula is C67H58N15O9+. The Bertz CT molecular complexity index is 4360. The minimum absolute atomic E-state index is 0.0217. The molecule has 454 valence electrons. The number of ketones is 1. The Morgan fingerprint density at radius 1 is 0.462 bits per heavy atom. The van der Waals surface area contributed by atoms with Crippen LogP contribution in [0.2, 0.25) is 0 Å². The summed E-state index contributed by atoms with van der Waals surface area (Å²) < 4.78 is 26.3. The molecule has 0 saturated heterocycles. The third kappa shape index (κ3) is 13.9. The van der Waals surface area contributed by atoms with Crippen LogP contribution in [-0.4, -0.2) is 118 Å². The van der Waals surface area contributed by atoms with E-state index in [1.54, 1.807) is 46.4 Å². The summed E-state index contributed by atoms with van der Waals surface area (Å²) in [6.45, 7) is 9.42. The summed E-state index contributed by atoms with van der Waals surface area (Å²) in [7, 11) is 0. The Morgan fingerprint density at radius 3 is 1.19 bits per heavy atom. The number of ether oxygens (including phenoxy) is 4. The lowest BCUT2D eigenvalue weighted by molar-refractivity contribution is -0.733. The van der Waals surface area contributed by atoms with Gasteiger partial charge in [-0.25, -0.2) is 18.8 Å². The van der Waals surface area contributed by atoms with Crippen LogP contribution in [0.3, 0.4) is 0 Å². The zero-order chi connectivity index (χ0) is 63.8. The lowest BCUT2D eigenvalue weighted by Crippen LogP contribution is -2.42. The number of hydrogen-bond acceptors (Lipinski definition) is 17. The molecule has 0 unspecified atom stereocenters. The summed E-state index contributed by atoms with van der Waals surface area (Å²) in [5, 5.41) is 36.8. The summed E-state index contributed by atoms with van der Waals surface area (Å²) in [5.74, 6) is 11.0. The molecule has 13 rings (SSSR count). The molecule has 0 saturated carbocycles. The van der Waals surface area contributed by atoms with Crippen LogP contribution in [0.5, 0.6) is 0 Å². The van der Waals surface area contributed by atoms with Crippen molar-refractivity contribution in [2.75, 3.05) is 33.0 Å².